The number of nitro benzene ring substituents is 1. The van der Waals surface area contributed by atoms with Crippen molar-refractivity contribution in [3.8, 4) is 11.1 Å². The summed E-state index contributed by atoms with van der Waals surface area (Å²) in [6.45, 7) is 0. The molecule has 0 aromatic heterocycles. The van der Waals surface area contributed by atoms with Crippen LogP contribution in [0.4, 0.5) is 5.69 Å². The van der Waals surface area contributed by atoms with E-state index < -0.39 is 0 Å². The van der Waals surface area contributed by atoms with E-state index in [1.807, 2.05) is 24.3 Å². The topological polar surface area (TPSA) is 43.1 Å². The van der Waals surface area contributed by atoms with Gasteiger partial charge in [-0.3, -0.25) is 10.1 Å². The van der Waals surface area contributed by atoms with Crippen LogP contribution in [0.15, 0.2) is 53.0 Å². The van der Waals surface area contributed by atoms with E-state index in [-0.39, 0.29) is 10.6 Å². The largest absolute Gasteiger partial charge is 0.277 e. The number of nitrogens with zero attached hydrogens (tertiary/aromatic N) is 1. The predicted octanol–water partition coefficient (Wildman–Crippen LogP) is 4.02. The third kappa shape index (κ3) is 2.12. The van der Waals surface area contributed by atoms with E-state index >= 15 is 0 Å². The number of hydrogen-bond donors (Lipinski definition) is 0. The molecule has 16 heavy (non-hydrogen) atoms. The van der Waals surface area contributed by atoms with E-state index in [9.17, 15) is 10.1 Å². The van der Waals surface area contributed by atoms with E-state index in [2.05, 4.69) is 15.9 Å². The molecular formula is C12H8BrNO2. The molecule has 2 rings (SSSR count). The van der Waals surface area contributed by atoms with Crippen LogP contribution in [0.3, 0.4) is 0 Å². The Morgan fingerprint density at radius 1 is 1.00 bits per heavy atom. The monoisotopic (exact) mass is 277 g/mol. The first-order chi connectivity index (χ1) is 7.68. The van der Waals surface area contributed by atoms with E-state index in [0.29, 0.717) is 5.56 Å². The summed E-state index contributed by atoms with van der Waals surface area (Å²) in [4.78, 5) is 10.5. The van der Waals surface area contributed by atoms with Gasteiger partial charge in [0.15, 0.2) is 0 Å². The number of halogens is 1. The number of nitro groups is 1. The van der Waals surface area contributed by atoms with Crippen molar-refractivity contribution >= 4 is 21.6 Å². The number of rotatable bonds is 2. The molecule has 0 bridgehead atoms. The van der Waals surface area contributed by atoms with Gasteiger partial charge in [-0.05, 0) is 23.8 Å². The molecule has 0 fully saturated rings. The van der Waals surface area contributed by atoms with Crippen LogP contribution in [0.2, 0.25) is 0 Å². The minimum Gasteiger partial charge on any atom is -0.258 e. The van der Waals surface area contributed by atoms with Gasteiger partial charge in [-0.2, -0.15) is 0 Å². The van der Waals surface area contributed by atoms with Crippen molar-refractivity contribution in [2.24, 2.45) is 0 Å². The summed E-state index contributed by atoms with van der Waals surface area (Å²) >= 11 is 3.33. The van der Waals surface area contributed by atoms with Gasteiger partial charge < -0.3 is 0 Å². The number of hydrogen-bond acceptors (Lipinski definition) is 2. The molecular weight excluding hydrogens is 270 g/mol. The summed E-state index contributed by atoms with van der Waals surface area (Å²) in [7, 11) is 0. The van der Waals surface area contributed by atoms with Crippen molar-refractivity contribution in [3.63, 3.8) is 0 Å². The van der Waals surface area contributed by atoms with Gasteiger partial charge in [0.1, 0.15) is 0 Å². The summed E-state index contributed by atoms with van der Waals surface area (Å²) in [5, 5.41) is 10.9. The molecule has 0 aliphatic rings. The summed E-state index contributed by atoms with van der Waals surface area (Å²) < 4.78 is 0.954. The summed E-state index contributed by atoms with van der Waals surface area (Å²) in [5.41, 5.74) is 1.61. The van der Waals surface area contributed by atoms with Crippen LogP contribution in [0, 0.1) is 10.1 Å². The molecule has 3 nitrogen and oxygen atoms in total. The molecule has 0 radical (unpaired) electrons. The number of para-hydroxylation sites is 1. The first kappa shape index (κ1) is 10.8. The van der Waals surface area contributed by atoms with Crippen molar-refractivity contribution in [3.05, 3.63) is 63.1 Å². The van der Waals surface area contributed by atoms with Gasteiger partial charge in [0.25, 0.3) is 5.69 Å². The van der Waals surface area contributed by atoms with Crippen LogP contribution in [-0.4, -0.2) is 4.92 Å². The lowest BCUT2D eigenvalue weighted by molar-refractivity contribution is -0.384. The summed E-state index contributed by atoms with van der Waals surface area (Å²) in [6.07, 6.45) is 0. The molecule has 0 amide bonds. The molecule has 4 heteroatoms. The Morgan fingerprint density at radius 2 is 1.62 bits per heavy atom. The zero-order valence-corrected chi connectivity index (χ0v) is 9.85. The number of benzene rings is 2. The third-order valence-corrected chi connectivity index (χ3v) is 2.78. The van der Waals surface area contributed by atoms with Gasteiger partial charge >= 0.3 is 0 Å². The van der Waals surface area contributed by atoms with Crippen molar-refractivity contribution in [2.45, 2.75) is 0 Å². The highest BCUT2D eigenvalue weighted by Gasteiger charge is 2.13. The molecule has 80 valence electrons. The van der Waals surface area contributed by atoms with Gasteiger partial charge in [0.05, 0.1) is 10.5 Å². The van der Waals surface area contributed by atoms with Crippen molar-refractivity contribution in [1.82, 2.24) is 0 Å². The third-order valence-electron chi connectivity index (χ3n) is 2.26. The average molecular weight is 278 g/mol. The lowest BCUT2D eigenvalue weighted by Gasteiger charge is -2.02. The van der Waals surface area contributed by atoms with Gasteiger partial charge in [0, 0.05) is 10.5 Å². The van der Waals surface area contributed by atoms with Crippen LogP contribution < -0.4 is 0 Å². The fourth-order valence-corrected chi connectivity index (χ4v) is 1.77. The van der Waals surface area contributed by atoms with Crippen LogP contribution in [0.1, 0.15) is 0 Å². The fourth-order valence-electron chi connectivity index (χ4n) is 1.51. The van der Waals surface area contributed by atoms with Crippen molar-refractivity contribution in [1.29, 1.82) is 0 Å². The molecule has 0 N–H and O–H groups in total. The SMILES string of the molecule is O=[N+]([O-])c1ccccc1-c1ccc(Br)cc1. The second-order valence-corrected chi connectivity index (χ2v) is 4.20. The molecule has 2 aromatic rings. The first-order valence-electron chi connectivity index (χ1n) is 4.68. The minimum atomic E-state index is -0.364. The molecule has 0 saturated carbocycles. The molecule has 2 aromatic carbocycles. The lowest BCUT2D eigenvalue weighted by Crippen LogP contribution is -1.91. The highest BCUT2D eigenvalue weighted by atomic mass is 79.9. The highest BCUT2D eigenvalue weighted by Crippen LogP contribution is 2.29. The Bertz CT molecular complexity index is 523. The Morgan fingerprint density at radius 3 is 2.25 bits per heavy atom. The first-order valence-corrected chi connectivity index (χ1v) is 5.47. The zero-order valence-electron chi connectivity index (χ0n) is 8.26. The standard InChI is InChI=1S/C12H8BrNO2/c13-10-7-5-9(6-8-10)11-3-1-2-4-12(11)14(15)16/h1-8H. The molecule has 0 saturated heterocycles. The Hall–Kier alpha value is -1.68. The minimum absolute atomic E-state index is 0.129. The van der Waals surface area contributed by atoms with Gasteiger partial charge in [-0.1, -0.05) is 40.2 Å². The van der Waals surface area contributed by atoms with E-state index in [1.165, 1.54) is 6.07 Å². The Labute approximate surface area is 101 Å². The second kappa shape index (κ2) is 4.45. The molecule has 0 spiro atoms. The highest BCUT2D eigenvalue weighted by molar-refractivity contribution is 9.10. The van der Waals surface area contributed by atoms with Gasteiger partial charge in [0.2, 0.25) is 0 Å². The average Bonchev–Trinajstić information content (AvgIpc) is 2.30. The van der Waals surface area contributed by atoms with Crippen LogP contribution in [-0.2, 0) is 0 Å². The molecule has 0 atom stereocenters. The second-order valence-electron chi connectivity index (χ2n) is 3.28. The fraction of sp³-hybridized carbons (Fsp3) is 0. The normalized spacial score (nSPS) is 10.1. The van der Waals surface area contributed by atoms with Gasteiger partial charge in [-0.15, -0.1) is 0 Å². The van der Waals surface area contributed by atoms with E-state index in [4.69, 9.17) is 0 Å². The quantitative estimate of drug-likeness (QED) is 0.615. The summed E-state index contributed by atoms with van der Waals surface area (Å²) in [5.74, 6) is 0. The van der Waals surface area contributed by atoms with Crippen LogP contribution in [0.25, 0.3) is 11.1 Å². The zero-order chi connectivity index (χ0) is 11.5. The van der Waals surface area contributed by atoms with Crippen LogP contribution in [0.5, 0.6) is 0 Å². The molecule has 0 aliphatic carbocycles. The maximum Gasteiger partial charge on any atom is 0.277 e. The summed E-state index contributed by atoms with van der Waals surface area (Å²) in [6, 6.07) is 14.2. The molecule has 0 unspecified atom stereocenters. The smallest absolute Gasteiger partial charge is 0.258 e. The maximum absolute atomic E-state index is 10.9. The van der Waals surface area contributed by atoms with Gasteiger partial charge in [-0.25, -0.2) is 0 Å². The van der Waals surface area contributed by atoms with Crippen molar-refractivity contribution in [2.75, 3.05) is 0 Å². The van der Waals surface area contributed by atoms with Crippen LogP contribution >= 0.6 is 15.9 Å². The molecule has 0 heterocycles. The Balaban J connectivity index is 2.55. The molecule has 0 aliphatic heterocycles. The predicted molar refractivity (Wildman–Crippen MR) is 66.2 cm³/mol. The Kier molecular flexibility index (Phi) is 3.01. The maximum atomic E-state index is 10.9. The van der Waals surface area contributed by atoms with E-state index in [1.54, 1.807) is 18.2 Å². The van der Waals surface area contributed by atoms with Crippen molar-refractivity contribution < 1.29 is 4.92 Å². The lowest BCUT2D eigenvalue weighted by atomic mass is 10.0. The van der Waals surface area contributed by atoms with E-state index in [0.717, 1.165) is 10.0 Å².